The zero-order valence-corrected chi connectivity index (χ0v) is 13.4. The maximum absolute atomic E-state index is 10.0. The van der Waals surface area contributed by atoms with Crippen molar-refractivity contribution in [3.63, 3.8) is 0 Å². The van der Waals surface area contributed by atoms with E-state index >= 15 is 0 Å². The zero-order chi connectivity index (χ0) is 14.3. The fraction of sp³-hybridized carbons (Fsp3) is 1.00. The average Bonchev–Trinajstić information content (AvgIpc) is 2.53. The quantitative estimate of drug-likeness (QED) is 0.698. The molecular weight excluding hydrogens is 236 g/mol. The van der Waals surface area contributed by atoms with Gasteiger partial charge in [-0.3, -0.25) is 0 Å². The molecule has 0 aromatic rings. The summed E-state index contributed by atoms with van der Waals surface area (Å²) in [5.74, 6) is 0.741. The Morgan fingerprint density at radius 1 is 1.16 bits per heavy atom. The first-order chi connectivity index (χ1) is 8.96. The van der Waals surface area contributed by atoms with Crippen molar-refractivity contribution in [1.82, 2.24) is 10.2 Å². The number of aliphatic hydroxyl groups is 1. The standard InChI is InChI=1S/C16H34N2O/c1-5-17-15-11-9-7-8-10-14(15)12-18(6-2)13-16(3,4)19/h14-15,17,19H,5-13H2,1-4H3. The molecule has 0 heterocycles. The molecule has 1 aliphatic carbocycles. The predicted molar refractivity (Wildman–Crippen MR) is 82.5 cm³/mol. The van der Waals surface area contributed by atoms with Gasteiger partial charge in [0.2, 0.25) is 0 Å². The molecule has 1 fully saturated rings. The SMILES string of the molecule is CCNC1CCCCCC1CN(CC)CC(C)(C)O. The van der Waals surface area contributed by atoms with E-state index in [9.17, 15) is 5.11 Å². The molecule has 2 unspecified atom stereocenters. The molecular formula is C16H34N2O. The molecule has 1 rings (SSSR count). The lowest BCUT2D eigenvalue weighted by molar-refractivity contribution is 0.0302. The largest absolute Gasteiger partial charge is 0.389 e. The van der Waals surface area contributed by atoms with Crippen molar-refractivity contribution in [3.8, 4) is 0 Å². The van der Waals surface area contributed by atoms with Gasteiger partial charge in [0.1, 0.15) is 0 Å². The third-order valence-electron chi connectivity index (χ3n) is 4.18. The van der Waals surface area contributed by atoms with E-state index in [2.05, 4.69) is 24.1 Å². The molecule has 2 atom stereocenters. The Hall–Kier alpha value is -0.120. The van der Waals surface area contributed by atoms with Gasteiger partial charge in [0, 0.05) is 19.1 Å². The van der Waals surface area contributed by atoms with Crippen LogP contribution in [0.25, 0.3) is 0 Å². The first kappa shape index (κ1) is 16.9. The summed E-state index contributed by atoms with van der Waals surface area (Å²) in [7, 11) is 0. The fourth-order valence-electron chi connectivity index (χ4n) is 3.32. The molecule has 114 valence electrons. The summed E-state index contributed by atoms with van der Waals surface area (Å²) < 4.78 is 0. The van der Waals surface area contributed by atoms with Crippen LogP contribution in [0.5, 0.6) is 0 Å². The molecule has 0 amide bonds. The third kappa shape index (κ3) is 6.73. The summed E-state index contributed by atoms with van der Waals surface area (Å²) in [6.07, 6.45) is 6.77. The van der Waals surface area contributed by atoms with Crippen molar-refractivity contribution in [3.05, 3.63) is 0 Å². The minimum atomic E-state index is -0.589. The number of nitrogens with one attached hydrogen (secondary N) is 1. The summed E-state index contributed by atoms with van der Waals surface area (Å²) in [5, 5.41) is 13.7. The van der Waals surface area contributed by atoms with Crippen LogP contribution in [-0.2, 0) is 0 Å². The number of hydrogen-bond donors (Lipinski definition) is 2. The van der Waals surface area contributed by atoms with E-state index in [0.717, 1.165) is 32.1 Å². The van der Waals surface area contributed by atoms with Crippen LogP contribution in [0.4, 0.5) is 0 Å². The van der Waals surface area contributed by atoms with Gasteiger partial charge < -0.3 is 15.3 Å². The van der Waals surface area contributed by atoms with Crippen molar-refractivity contribution in [2.24, 2.45) is 5.92 Å². The lowest BCUT2D eigenvalue weighted by atomic mass is 9.93. The van der Waals surface area contributed by atoms with Crippen LogP contribution in [0.2, 0.25) is 0 Å². The smallest absolute Gasteiger partial charge is 0.0718 e. The lowest BCUT2D eigenvalue weighted by Crippen LogP contribution is -2.45. The summed E-state index contributed by atoms with van der Waals surface area (Å²) in [5.41, 5.74) is -0.589. The second-order valence-corrected chi connectivity index (χ2v) is 6.70. The third-order valence-corrected chi connectivity index (χ3v) is 4.18. The van der Waals surface area contributed by atoms with E-state index in [1.165, 1.54) is 32.1 Å². The minimum Gasteiger partial charge on any atom is -0.389 e. The highest BCUT2D eigenvalue weighted by Crippen LogP contribution is 2.25. The Labute approximate surface area is 119 Å². The van der Waals surface area contributed by atoms with E-state index < -0.39 is 5.60 Å². The molecule has 3 heteroatoms. The van der Waals surface area contributed by atoms with Gasteiger partial charge in [-0.2, -0.15) is 0 Å². The second-order valence-electron chi connectivity index (χ2n) is 6.70. The zero-order valence-electron chi connectivity index (χ0n) is 13.4. The Kier molecular flexibility index (Phi) is 7.33. The number of rotatable bonds is 7. The first-order valence-electron chi connectivity index (χ1n) is 8.14. The van der Waals surface area contributed by atoms with Gasteiger partial charge in [-0.25, -0.2) is 0 Å². The second kappa shape index (κ2) is 8.23. The Morgan fingerprint density at radius 2 is 1.84 bits per heavy atom. The van der Waals surface area contributed by atoms with Gasteiger partial charge in [0.05, 0.1) is 5.60 Å². The van der Waals surface area contributed by atoms with Crippen LogP contribution in [-0.4, -0.2) is 47.8 Å². The van der Waals surface area contributed by atoms with Crippen LogP contribution in [0, 0.1) is 5.92 Å². The van der Waals surface area contributed by atoms with Crippen LogP contribution < -0.4 is 5.32 Å². The van der Waals surface area contributed by atoms with Gasteiger partial charge in [-0.1, -0.05) is 33.1 Å². The molecule has 0 aromatic carbocycles. The van der Waals surface area contributed by atoms with Crippen molar-refractivity contribution >= 4 is 0 Å². The molecule has 19 heavy (non-hydrogen) atoms. The van der Waals surface area contributed by atoms with E-state index in [1.54, 1.807) is 0 Å². The molecule has 2 N–H and O–H groups in total. The molecule has 1 aliphatic rings. The van der Waals surface area contributed by atoms with Crippen LogP contribution >= 0.6 is 0 Å². The topological polar surface area (TPSA) is 35.5 Å². The highest BCUT2D eigenvalue weighted by Gasteiger charge is 2.26. The number of hydrogen-bond acceptors (Lipinski definition) is 3. The normalized spacial score (nSPS) is 25.6. The van der Waals surface area contributed by atoms with Crippen molar-refractivity contribution in [2.75, 3.05) is 26.2 Å². The molecule has 1 saturated carbocycles. The highest BCUT2D eigenvalue weighted by molar-refractivity contribution is 4.83. The van der Waals surface area contributed by atoms with E-state index in [-0.39, 0.29) is 0 Å². The summed E-state index contributed by atoms with van der Waals surface area (Å²) in [6, 6.07) is 0.670. The number of likely N-dealkylation sites (N-methyl/N-ethyl adjacent to an activating group) is 1. The number of nitrogens with zero attached hydrogens (tertiary/aromatic N) is 1. The summed E-state index contributed by atoms with van der Waals surface area (Å²) >= 11 is 0. The minimum absolute atomic E-state index is 0.589. The Bertz CT molecular complexity index is 237. The molecule has 0 spiro atoms. The highest BCUT2D eigenvalue weighted by atomic mass is 16.3. The lowest BCUT2D eigenvalue weighted by Gasteiger charge is -2.34. The summed E-state index contributed by atoms with van der Waals surface area (Å²) in [4.78, 5) is 2.42. The molecule has 0 bridgehead atoms. The van der Waals surface area contributed by atoms with Crippen LogP contribution in [0.1, 0.15) is 59.8 Å². The maximum atomic E-state index is 10.0. The first-order valence-corrected chi connectivity index (χ1v) is 8.14. The fourth-order valence-corrected chi connectivity index (χ4v) is 3.32. The van der Waals surface area contributed by atoms with Gasteiger partial charge in [-0.15, -0.1) is 0 Å². The van der Waals surface area contributed by atoms with Gasteiger partial charge in [-0.05, 0) is 45.7 Å². The van der Waals surface area contributed by atoms with E-state index in [4.69, 9.17) is 0 Å². The van der Waals surface area contributed by atoms with Gasteiger partial charge in [0.15, 0.2) is 0 Å². The molecule has 0 saturated heterocycles. The predicted octanol–water partition coefficient (Wildman–Crippen LogP) is 2.64. The molecule has 0 aliphatic heterocycles. The summed E-state index contributed by atoms with van der Waals surface area (Å²) in [6.45, 7) is 12.2. The maximum Gasteiger partial charge on any atom is 0.0718 e. The van der Waals surface area contributed by atoms with Crippen molar-refractivity contribution in [1.29, 1.82) is 0 Å². The monoisotopic (exact) mass is 270 g/mol. The average molecular weight is 270 g/mol. The Morgan fingerprint density at radius 3 is 2.42 bits per heavy atom. The van der Waals surface area contributed by atoms with Crippen LogP contribution in [0.15, 0.2) is 0 Å². The van der Waals surface area contributed by atoms with E-state index in [1.807, 2.05) is 13.8 Å². The van der Waals surface area contributed by atoms with Crippen molar-refractivity contribution < 1.29 is 5.11 Å². The molecule has 0 aromatic heterocycles. The van der Waals surface area contributed by atoms with Gasteiger partial charge in [0.25, 0.3) is 0 Å². The van der Waals surface area contributed by atoms with Crippen molar-refractivity contribution in [2.45, 2.75) is 71.4 Å². The van der Waals surface area contributed by atoms with Crippen LogP contribution in [0.3, 0.4) is 0 Å². The Balaban J connectivity index is 2.57. The van der Waals surface area contributed by atoms with Gasteiger partial charge >= 0.3 is 0 Å². The molecule has 0 radical (unpaired) electrons. The molecule has 3 nitrogen and oxygen atoms in total. The van der Waals surface area contributed by atoms with E-state index in [0.29, 0.717) is 6.04 Å².